The lowest BCUT2D eigenvalue weighted by atomic mass is 10.3. The summed E-state index contributed by atoms with van der Waals surface area (Å²) < 4.78 is 10.6. The summed E-state index contributed by atoms with van der Waals surface area (Å²) in [6.07, 6.45) is 0.0482. The molecule has 0 aliphatic heterocycles. The van der Waals surface area contributed by atoms with E-state index >= 15 is 0 Å². The average molecular weight is 290 g/mol. The second-order valence-electron chi connectivity index (χ2n) is 3.88. The van der Waals surface area contributed by atoms with E-state index in [9.17, 15) is 4.79 Å². The molecule has 100 valence electrons. The summed E-state index contributed by atoms with van der Waals surface area (Å²) in [4.78, 5) is 11.4. The summed E-state index contributed by atoms with van der Waals surface area (Å²) in [5.41, 5.74) is 0. The Morgan fingerprint density at radius 3 is 2.67 bits per heavy atom. The van der Waals surface area contributed by atoms with Crippen molar-refractivity contribution in [3.05, 3.63) is 30.3 Å². The van der Waals surface area contributed by atoms with Crippen molar-refractivity contribution in [2.45, 2.75) is 20.0 Å². The highest BCUT2D eigenvalue weighted by molar-refractivity contribution is 7.78. The molecule has 1 atom stereocenters. The number of carbonyl (C=O) groups excluding carboxylic acids is 1. The van der Waals surface area contributed by atoms with Gasteiger partial charge in [0.15, 0.2) is 5.78 Å². The normalized spacial score (nSPS) is 12.4. The second kappa shape index (κ2) is 8.44. The Bertz CT molecular complexity index is 362. The summed E-state index contributed by atoms with van der Waals surface area (Å²) in [6, 6.07) is 9.23. The third-order valence-corrected chi connectivity index (χ3v) is 3.25. The molecule has 0 saturated heterocycles. The number of para-hydroxylation sites is 1. The van der Waals surface area contributed by atoms with Gasteiger partial charge in [-0.05, 0) is 37.2 Å². The molecule has 0 aromatic heterocycles. The number of Topliss-reactive ketones (excluding diaryl/α,β-unsaturated/α-hetero) is 1. The molecule has 1 N–H and O–H groups in total. The Morgan fingerprint density at radius 2 is 2.06 bits per heavy atom. The molecule has 0 aliphatic carbocycles. The Morgan fingerprint density at radius 1 is 1.39 bits per heavy atom. The van der Waals surface area contributed by atoms with Crippen LogP contribution in [-0.4, -0.2) is 25.0 Å². The van der Waals surface area contributed by atoms with E-state index in [1.807, 2.05) is 44.2 Å². The molecule has 1 aromatic carbocycles. The van der Waals surface area contributed by atoms with Crippen LogP contribution in [0.1, 0.15) is 13.8 Å². The van der Waals surface area contributed by atoms with Crippen LogP contribution < -0.4 is 9.61 Å². The molecule has 1 unspecified atom stereocenters. The minimum atomic E-state index is -1.37. The molecule has 6 heteroatoms. The van der Waals surface area contributed by atoms with E-state index < -0.39 is 7.65 Å². The van der Waals surface area contributed by atoms with Gasteiger partial charge >= 0.3 is 0 Å². The number of carbonyl (C=O) groups is 1. The highest BCUT2D eigenvalue weighted by atomic mass is 35.7. The van der Waals surface area contributed by atoms with Crippen molar-refractivity contribution in [1.29, 1.82) is 0 Å². The third kappa shape index (κ3) is 6.92. The Balaban J connectivity index is 2.21. The summed E-state index contributed by atoms with van der Waals surface area (Å²) in [5.74, 6) is 0.630. The lowest BCUT2D eigenvalue weighted by Gasteiger charge is -2.12. The Kier molecular flexibility index (Phi) is 7.21. The Labute approximate surface area is 113 Å². The summed E-state index contributed by atoms with van der Waals surface area (Å²) in [7, 11) is -1.37. The van der Waals surface area contributed by atoms with Crippen LogP contribution in [0.15, 0.2) is 30.3 Å². The molecular formula is C12H17ClNO3P. The van der Waals surface area contributed by atoms with Gasteiger partial charge in [-0.3, -0.25) is 4.79 Å². The number of halogens is 1. The first-order valence-corrected chi connectivity index (χ1v) is 7.80. The van der Waals surface area contributed by atoms with Crippen molar-refractivity contribution in [2.24, 2.45) is 0 Å². The van der Waals surface area contributed by atoms with Crippen LogP contribution >= 0.6 is 18.9 Å². The first kappa shape index (κ1) is 15.4. The standard InChI is InChI=1S/C12H17ClNO3P/c1-10(2)16-9-11(15)8-14-18(13)17-12-6-4-3-5-7-12/h3-7,10,14H,8-9H2,1-2H3. The van der Waals surface area contributed by atoms with Crippen LogP contribution in [0, 0.1) is 0 Å². The summed E-state index contributed by atoms with van der Waals surface area (Å²) in [5, 5.41) is 2.83. The SMILES string of the molecule is CC(C)OCC(=O)CNP(Cl)Oc1ccccc1. The van der Waals surface area contributed by atoms with Gasteiger partial charge in [0.05, 0.1) is 12.6 Å². The number of ether oxygens (including phenoxy) is 1. The van der Waals surface area contributed by atoms with E-state index in [0.29, 0.717) is 5.75 Å². The summed E-state index contributed by atoms with van der Waals surface area (Å²) in [6.45, 7) is 4.01. The fraction of sp³-hybridized carbons (Fsp3) is 0.417. The molecule has 0 saturated carbocycles. The zero-order chi connectivity index (χ0) is 13.4. The van der Waals surface area contributed by atoms with E-state index in [1.165, 1.54) is 0 Å². The van der Waals surface area contributed by atoms with Crippen LogP contribution in [0.25, 0.3) is 0 Å². The number of rotatable bonds is 8. The zero-order valence-corrected chi connectivity index (χ0v) is 12.1. The van der Waals surface area contributed by atoms with Crippen molar-refractivity contribution < 1.29 is 14.1 Å². The van der Waals surface area contributed by atoms with E-state index in [4.69, 9.17) is 20.5 Å². The molecule has 4 nitrogen and oxygen atoms in total. The number of benzene rings is 1. The molecule has 0 heterocycles. The minimum Gasteiger partial charge on any atom is -0.445 e. The smallest absolute Gasteiger partial charge is 0.263 e. The van der Waals surface area contributed by atoms with Crippen LogP contribution in [0.5, 0.6) is 5.75 Å². The molecule has 0 amide bonds. The van der Waals surface area contributed by atoms with Gasteiger partial charge in [-0.1, -0.05) is 18.2 Å². The maximum Gasteiger partial charge on any atom is 0.263 e. The molecule has 1 rings (SSSR count). The van der Waals surface area contributed by atoms with Gasteiger partial charge in [-0.25, -0.2) is 5.09 Å². The number of hydrogen-bond donors (Lipinski definition) is 1. The first-order valence-electron chi connectivity index (χ1n) is 5.63. The molecule has 18 heavy (non-hydrogen) atoms. The topological polar surface area (TPSA) is 47.6 Å². The maximum atomic E-state index is 11.4. The van der Waals surface area contributed by atoms with Gasteiger partial charge in [0.1, 0.15) is 12.4 Å². The van der Waals surface area contributed by atoms with Gasteiger partial charge < -0.3 is 9.26 Å². The van der Waals surface area contributed by atoms with Crippen molar-refractivity contribution >= 4 is 24.7 Å². The lowest BCUT2D eigenvalue weighted by molar-refractivity contribution is -0.123. The predicted octanol–water partition coefficient (Wildman–Crippen LogP) is 3.11. The molecule has 0 spiro atoms. The number of ketones is 1. The van der Waals surface area contributed by atoms with Gasteiger partial charge in [0.2, 0.25) is 0 Å². The number of nitrogens with one attached hydrogen (secondary N) is 1. The quantitative estimate of drug-likeness (QED) is 0.747. The van der Waals surface area contributed by atoms with E-state index in [0.717, 1.165) is 0 Å². The molecule has 0 fully saturated rings. The lowest BCUT2D eigenvalue weighted by Crippen LogP contribution is -2.24. The van der Waals surface area contributed by atoms with Crippen molar-refractivity contribution in [3.8, 4) is 5.75 Å². The minimum absolute atomic E-state index is 0.0477. The monoisotopic (exact) mass is 289 g/mol. The van der Waals surface area contributed by atoms with Gasteiger partial charge in [0, 0.05) is 0 Å². The molecular weight excluding hydrogens is 273 g/mol. The molecule has 0 bridgehead atoms. The van der Waals surface area contributed by atoms with Crippen molar-refractivity contribution in [2.75, 3.05) is 13.2 Å². The molecule has 1 aromatic rings. The van der Waals surface area contributed by atoms with Gasteiger partial charge in [-0.2, -0.15) is 0 Å². The fourth-order valence-electron chi connectivity index (χ4n) is 1.07. The number of hydrogen-bond acceptors (Lipinski definition) is 4. The van der Waals surface area contributed by atoms with Crippen LogP contribution in [-0.2, 0) is 9.53 Å². The molecule has 0 aliphatic rings. The van der Waals surface area contributed by atoms with Crippen LogP contribution in [0.2, 0.25) is 0 Å². The maximum absolute atomic E-state index is 11.4. The predicted molar refractivity (Wildman–Crippen MR) is 73.9 cm³/mol. The van der Waals surface area contributed by atoms with Crippen LogP contribution in [0.3, 0.4) is 0 Å². The van der Waals surface area contributed by atoms with E-state index in [2.05, 4.69) is 5.09 Å². The molecule has 0 radical (unpaired) electrons. The van der Waals surface area contributed by atoms with Crippen LogP contribution in [0.4, 0.5) is 0 Å². The van der Waals surface area contributed by atoms with E-state index in [-0.39, 0.29) is 25.0 Å². The highest BCUT2D eigenvalue weighted by Crippen LogP contribution is 2.38. The highest BCUT2D eigenvalue weighted by Gasteiger charge is 2.10. The fourth-order valence-corrected chi connectivity index (χ4v) is 2.16. The average Bonchev–Trinajstić information content (AvgIpc) is 2.35. The largest absolute Gasteiger partial charge is 0.445 e. The first-order chi connectivity index (χ1) is 8.58. The van der Waals surface area contributed by atoms with E-state index in [1.54, 1.807) is 0 Å². The van der Waals surface area contributed by atoms with Crippen molar-refractivity contribution in [3.63, 3.8) is 0 Å². The van der Waals surface area contributed by atoms with Gasteiger partial charge in [0.25, 0.3) is 7.65 Å². The van der Waals surface area contributed by atoms with Gasteiger partial charge in [-0.15, -0.1) is 0 Å². The Hall–Kier alpha value is -0.670. The summed E-state index contributed by atoms with van der Waals surface area (Å²) >= 11 is 5.96. The third-order valence-electron chi connectivity index (χ3n) is 1.91. The zero-order valence-electron chi connectivity index (χ0n) is 10.4. The van der Waals surface area contributed by atoms with Crippen molar-refractivity contribution in [1.82, 2.24) is 5.09 Å². The second-order valence-corrected chi connectivity index (χ2v) is 5.79.